The Balaban J connectivity index is 2.26. The standard InChI is InChI=1S/C14H15ClN4O/c1-2-6-11(10-7-4-3-5-8-10)17-18-12-9-16-19-14(20)13(12)15/h3-5,7-9H,2,6H2,1H3,(H2,18,19,20)/b17-11-. The molecule has 6 heteroatoms. The average Bonchev–Trinajstić information content (AvgIpc) is 2.48. The summed E-state index contributed by atoms with van der Waals surface area (Å²) in [7, 11) is 0. The van der Waals surface area contributed by atoms with Crippen molar-refractivity contribution in [2.75, 3.05) is 5.43 Å². The number of hydrogen-bond acceptors (Lipinski definition) is 4. The van der Waals surface area contributed by atoms with Crippen molar-refractivity contribution in [3.63, 3.8) is 0 Å². The molecular weight excluding hydrogens is 276 g/mol. The normalized spacial score (nSPS) is 11.4. The lowest BCUT2D eigenvalue weighted by atomic mass is 10.1. The monoisotopic (exact) mass is 290 g/mol. The minimum Gasteiger partial charge on any atom is -0.275 e. The number of nitrogens with one attached hydrogen (secondary N) is 2. The molecule has 0 bridgehead atoms. The first-order chi connectivity index (χ1) is 9.72. The lowest BCUT2D eigenvalue weighted by Gasteiger charge is -2.07. The highest BCUT2D eigenvalue weighted by Gasteiger charge is 2.06. The minimum atomic E-state index is -0.441. The first-order valence-corrected chi connectivity index (χ1v) is 6.71. The molecule has 1 aromatic heterocycles. The maximum atomic E-state index is 11.3. The molecule has 0 fully saturated rings. The van der Waals surface area contributed by atoms with E-state index in [0.29, 0.717) is 5.69 Å². The third kappa shape index (κ3) is 3.45. The van der Waals surface area contributed by atoms with Gasteiger partial charge < -0.3 is 0 Å². The Morgan fingerprint density at radius 1 is 1.40 bits per heavy atom. The maximum absolute atomic E-state index is 11.3. The fourth-order valence-electron chi connectivity index (χ4n) is 1.72. The van der Waals surface area contributed by atoms with E-state index in [1.54, 1.807) is 0 Å². The molecule has 0 aliphatic carbocycles. The number of nitrogens with zero attached hydrogens (tertiary/aromatic N) is 2. The molecule has 0 unspecified atom stereocenters. The zero-order chi connectivity index (χ0) is 14.4. The molecule has 0 aliphatic heterocycles. The first-order valence-electron chi connectivity index (χ1n) is 6.33. The van der Waals surface area contributed by atoms with E-state index in [4.69, 9.17) is 11.6 Å². The third-order valence-electron chi connectivity index (χ3n) is 2.70. The summed E-state index contributed by atoms with van der Waals surface area (Å²) in [6, 6.07) is 9.87. The summed E-state index contributed by atoms with van der Waals surface area (Å²) in [5.74, 6) is 0. The number of benzene rings is 1. The van der Waals surface area contributed by atoms with E-state index >= 15 is 0 Å². The topological polar surface area (TPSA) is 70.1 Å². The smallest absolute Gasteiger partial charge is 0.275 e. The van der Waals surface area contributed by atoms with E-state index in [-0.39, 0.29) is 5.02 Å². The van der Waals surface area contributed by atoms with Gasteiger partial charge in [0.2, 0.25) is 0 Å². The van der Waals surface area contributed by atoms with Crippen molar-refractivity contribution < 1.29 is 0 Å². The van der Waals surface area contributed by atoms with Gasteiger partial charge in [-0.15, -0.1) is 0 Å². The predicted octanol–water partition coefficient (Wildman–Crippen LogP) is 3.04. The van der Waals surface area contributed by atoms with E-state index in [2.05, 4.69) is 27.6 Å². The van der Waals surface area contributed by atoms with E-state index in [1.165, 1.54) is 6.20 Å². The number of hydrogen-bond donors (Lipinski definition) is 2. The fourth-order valence-corrected chi connectivity index (χ4v) is 1.85. The van der Waals surface area contributed by atoms with Gasteiger partial charge in [-0.1, -0.05) is 55.3 Å². The van der Waals surface area contributed by atoms with Crippen molar-refractivity contribution in [1.82, 2.24) is 10.2 Å². The van der Waals surface area contributed by atoms with Crippen LogP contribution in [0, 0.1) is 0 Å². The zero-order valence-corrected chi connectivity index (χ0v) is 11.8. The summed E-state index contributed by atoms with van der Waals surface area (Å²) in [6.45, 7) is 2.08. The van der Waals surface area contributed by atoms with E-state index in [0.717, 1.165) is 24.1 Å². The van der Waals surface area contributed by atoms with Crippen LogP contribution in [0.1, 0.15) is 25.3 Å². The maximum Gasteiger partial charge on any atom is 0.285 e. The molecule has 20 heavy (non-hydrogen) atoms. The second-order valence-corrected chi connectivity index (χ2v) is 4.59. The third-order valence-corrected chi connectivity index (χ3v) is 3.08. The Kier molecular flexibility index (Phi) is 4.90. The molecule has 0 saturated carbocycles. The predicted molar refractivity (Wildman–Crippen MR) is 81.4 cm³/mol. The molecule has 2 rings (SSSR count). The Labute approximate surface area is 121 Å². The minimum absolute atomic E-state index is 0.0488. The molecule has 1 aromatic carbocycles. The van der Waals surface area contributed by atoms with Gasteiger partial charge in [-0.05, 0) is 12.0 Å². The molecule has 0 radical (unpaired) electrons. The van der Waals surface area contributed by atoms with Crippen molar-refractivity contribution in [2.24, 2.45) is 5.10 Å². The summed E-state index contributed by atoms with van der Waals surface area (Å²) >= 11 is 5.88. The van der Waals surface area contributed by atoms with Gasteiger partial charge in [0.05, 0.1) is 11.9 Å². The Hall–Kier alpha value is -2.14. The largest absolute Gasteiger partial charge is 0.285 e. The van der Waals surface area contributed by atoms with E-state index in [9.17, 15) is 4.79 Å². The van der Waals surface area contributed by atoms with Crippen LogP contribution in [-0.4, -0.2) is 15.9 Å². The van der Waals surface area contributed by atoms with Gasteiger partial charge in [0.1, 0.15) is 10.7 Å². The lowest BCUT2D eigenvalue weighted by Crippen LogP contribution is -2.11. The summed E-state index contributed by atoms with van der Waals surface area (Å²) in [4.78, 5) is 11.3. The molecule has 2 N–H and O–H groups in total. The highest BCUT2D eigenvalue weighted by atomic mass is 35.5. The van der Waals surface area contributed by atoms with Crippen LogP contribution in [0.5, 0.6) is 0 Å². The van der Waals surface area contributed by atoms with Gasteiger partial charge in [0, 0.05) is 0 Å². The second-order valence-electron chi connectivity index (χ2n) is 4.21. The molecule has 0 saturated heterocycles. The lowest BCUT2D eigenvalue weighted by molar-refractivity contribution is 0.977. The number of aromatic amines is 1. The molecule has 0 amide bonds. The van der Waals surface area contributed by atoms with Crippen molar-refractivity contribution in [3.05, 3.63) is 57.5 Å². The molecular formula is C14H15ClN4O. The zero-order valence-electron chi connectivity index (χ0n) is 11.1. The Bertz CT molecular complexity index is 652. The first kappa shape index (κ1) is 14.3. The number of H-pyrrole nitrogens is 1. The fraction of sp³-hybridized carbons (Fsp3) is 0.214. The van der Waals surface area contributed by atoms with E-state index in [1.807, 2.05) is 30.3 Å². The van der Waals surface area contributed by atoms with Crippen LogP contribution < -0.4 is 11.0 Å². The molecule has 0 aliphatic rings. The van der Waals surface area contributed by atoms with Gasteiger partial charge in [0.25, 0.3) is 5.56 Å². The van der Waals surface area contributed by atoms with Crippen molar-refractivity contribution in [1.29, 1.82) is 0 Å². The number of anilines is 1. The molecule has 0 spiro atoms. The summed E-state index contributed by atoms with van der Waals surface area (Å²) in [5, 5.41) is 10.3. The van der Waals surface area contributed by atoms with E-state index < -0.39 is 5.56 Å². The molecule has 5 nitrogen and oxygen atoms in total. The van der Waals surface area contributed by atoms with Crippen molar-refractivity contribution >= 4 is 23.0 Å². The average molecular weight is 291 g/mol. The van der Waals surface area contributed by atoms with Crippen molar-refractivity contribution in [3.8, 4) is 0 Å². The highest BCUT2D eigenvalue weighted by molar-refractivity contribution is 6.32. The van der Waals surface area contributed by atoms with Crippen LogP contribution in [0.2, 0.25) is 5.02 Å². The second kappa shape index (κ2) is 6.86. The van der Waals surface area contributed by atoms with Gasteiger partial charge in [-0.3, -0.25) is 10.2 Å². The van der Waals surface area contributed by atoms with Crippen LogP contribution in [0.25, 0.3) is 0 Å². The van der Waals surface area contributed by atoms with Crippen molar-refractivity contribution in [2.45, 2.75) is 19.8 Å². The Morgan fingerprint density at radius 3 is 2.85 bits per heavy atom. The van der Waals surface area contributed by atoms with Gasteiger partial charge >= 0.3 is 0 Å². The van der Waals surface area contributed by atoms with Gasteiger partial charge in [0.15, 0.2) is 0 Å². The molecule has 2 aromatic rings. The Morgan fingerprint density at radius 2 is 2.15 bits per heavy atom. The van der Waals surface area contributed by atoms with Gasteiger partial charge in [-0.25, -0.2) is 5.10 Å². The molecule has 1 heterocycles. The molecule has 104 valence electrons. The number of aromatic nitrogens is 2. The SMILES string of the molecule is CCC/C(=N/Nc1cn[nH]c(=O)c1Cl)c1ccccc1. The number of halogens is 1. The molecule has 0 atom stereocenters. The quantitative estimate of drug-likeness (QED) is 0.657. The highest BCUT2D eigenvalue weighted by Crippen LogP contribution is 2.15. The van der Waals surface area contributed by atoms with Crippen LogP contribution in [0.3, 0.4) is 0 Å². The van der Waals surface area contributed by atoms with Crippen LogP contribution in [0.4, 0.5) is 5.69 Å². The number of hydrazone groups is 1. The van der Waals surface area contributed by atoms with Crippen LogP contribution in [0.15, 0.2) is 46.4 Å². The number of rotatable bonds is 5. The van der Waals surface area contributed by atoms with Crippen LogP contribution in [-0.2, 0) is 0 Å². The van der Waals surface area contributed by atoms with Gasteiger partial charge in [-0.2, -0.15) is 10.2 Å². The summed E-state index contributed by atoms with van der Waals surface area (Å²) in [5.41, 5.74) is 4.70. The summed E-state index contributed by atoms with van der Waals surface area (Å²) in [6.07, 6.45) is 3.23. The summed E-state index contributed by atoms with van der Waals surface area (Å²) < 4.78 is 0. The van der Waals surface area contributed by atoms with Crippen LogP contribution >= 0.6 is 11.6 Å².